The number of carbonyl (C=O) groups excluding carboxylic acids is 1. The van der Waals surface area contributed by atoms with Crippen molar-refractivity contribution in [2.24, 2.45) is 4.99 Å². The molecule has 0 saturated heterocycles. The first-order valence-electron chi connectivity index (χ1n) is 9.16. The standard InChI is InChI=1S/C23H24N4O/c1-16-5-4-6-20(12-16)22(28)27-23(25-15-19-7-9-24-10-8-19)26-21-13-17(2)11-18(3)14-21/h4-14H,15H2,1-3H3,(H2,25,26,27,28). The van der Waals surface area contributed by atoms with Crippen LogP contribution >= 0.6 is 0 Å². The quantitative estimate of drug-likeness (QED) is 0.527. The lowest BCUT2D eigenvalue weighted by molar-refractivity contribution is 0.0977. The maximum atomic E-state index is 12.7. The number of nitrogens with one attached hydrogen (secondary N) is 2. The van der Waals surface area contributed by atoms with Crippen LogP contribution in [0.3, 0.4) is 0 Å². The molecule has 5 heteroatoms. The van der Waals surface area contributed by atoms with Gasteiger partial charge >= 0.3 is 0 Å². The highest BCUT2D eigenvalue weighted by Crippen LogP contribution is 2.14. The van der Waals surface area contributed by atoms with E-state index in [1.165, 1.54) is 0 Å². The SMILES string of the molecule is Cc1cc(C)cc(NC(=NCc2ccncc2)NC(=O)c2cccc(C)c2)c1. The first kappa shape index (κ1) is 19.3. The molecule has 2 aromatic carbocycles. The highest BCUT2D eigenvalue weighted by Gasteiger charge is 2.10. The Kier molecular flexibility index (Phi) is 6.17. The molecule has 2 N–H and O–H groups in total. The zero-order chi connectivity index (χ0) is 19.9. The lowest BCUT2D eigenvalue weighted by Gasteiger charge is -2.13. The summed E-state index contributed by atoms with van der Waals surface area (Å²) in [6.07, 6.45) is 3.46. The first-order valence-corrected chi connectivity index (χ1v) is 9.16. The third-order valence-electron chi connectivity index (χ3n) is 4.17. The second kappa shape index (κ2) is 8.95. The van der Waals surface area contributed by atoms with E-state index in [0.717, 1.165) is 27.9 Å². The van der Waals surface area contributed by atoms with Crippen LogP contribution < -0.4 is 10.6 Å². The predicted octanol–water partition coefficient (Wildman–Crippen LogP) is 4.40. The maximum absolute atomic E-state index is 12.7. The molecule has 1 amide bonds. The van der Waals surface area contributed by atoms with Crippen molar-refractivity contribution < 1.29 is 4.79 Å². The Hall–Kier alpha value is -3.47. The number of rotatable bonds is 4. The summed E-state index contributed by atoms with van der Waals surface area (Å²) in [5.74, 6) is 0.211. The third kappa shape index (κ3) is 5.51. The van der Waals surface area contributed by atoms with Gasteiger partial charge in [-0.15, -0.1) is 0 Å². The molecule has 0 unspecified atom stereocenters. The van der Waals surface area contributed by atoms with Crippen LogP contribution in [0.1, 0.15) is 32.6 Å². The second-order valence-electron chi connectivity index (χ2n) is 6.85. The Balaban J connectivity index is 1.83. The molecule has 0 aliphatic carbocycles. The average Bonchev–Trinajstić information content (AvgIpc) is 2.66. The number of aryl methyl sites for hydroxylation is 3. The molecule has 0 atom stereocenters. The molecule has 0 fully saturated rings. The van der Waals surface area contributed by atoms with Crippen molar-refractivity contribution >= 4 is 17.6 Å². The fourth-order valence-electron chi connectivity index (χ4n) is 2.92. The molecule has 0 radical (unpaired) electrons. The Morgan fingerprint density at radius 1 is 0.929 bits per heavy atom. The van der Waals surface area contributed by atoms with Crippen LogP contribution in [0.15, 0.2) is 72.0 Å². The third-order valence-corrected chi connectivity index (χ3v) is 4.17. The monoisotopic (exact) mass is 372 g/mol. The summed E-state index contributed by atoms with van der Waals surface area (Å²) < 4.78 is 0. The summed E-state index contributed by atoms with van der Waals surface area (Å²) in [4.78, 5) is 21.3. The van der Waals surface area contributed by atoms with Crippen molar-refractivity contribution in [2.45, 2.75) is 27.3 Å². The van der Waals surface area contributed by atoms with Crippen molar-refractivity contribution in [3.63, 3.8) is 0 Å². The minimum absolute atomic E-state index is 0.200. The van der Waals surface area contributed by atoms with E-state index in [9.17, 15) is 4.79 Å². The van der Waals surface area contributed by atoms with E-state index in [1.54, 1.807) is 18.5 Å². The van der Waals surface area contributed by atoms with Crippen LogP contribution in [-0.4, -0.2) is 16.9 Å². The number of carbonyl (C=O) groups is 1. The van der Waals surface area contributed by atoms with Crippen LogP contribution in [0.2, 0.25) is 0 Å². The molecular formula is C23H24N4O. The van der Waals surface area contributed by atoms with E-state index in [2.05, 4.69) is 26.7 Å². The normalized spacial score (nSPS) is 11.2. The van der Waals surface area contributed by atoms with Gasteiger partial charge < -0.3 is 5.32 Å². The van der Waals surface area contributed by atoms with Gasteiger partial charge in [-0.25, -0.2) is 4.99 Å². The van der Waals surface area contributed by atoms with Gasteiger partial charge in [0.25, 0.3) is 5.91 Å². The summed E-state index contributed by atoms with van der Waals surface area (Å²) in [6, 6.07) is 17.4. The molecule has 1 heterocycles. The number of hydrogen-bond acceptors (Lipinski definition) is 3. The van der Waals surface area contributed by atoms with Crippen molar-refractivity contribution in [2.75, 3.05) is 5.32 Å². The van der Waals surface area contributed by atoms with Gasteiger partial charge in [0.2, 0.25) is 5.96 Å². The zero-order valence-electron chi connectivity index (χ0n) is 16.4. The van der Waals surface area contributed by atoms with Gasteiger partial charge in [-0.05, 0) is 73.9 Å². The van der Waals surface area contributed by atoms with Gasteiger partial charge in [0, 0.05) is 23.6 Å². The molecule has 3 aromatic rings. The molecule has 0 spiro atoms. The number of anilines is 1. The first-order chi connectivity index (χ1) is 13.5. The molecule has 0 aliphatic heterocycles. The number of amides is 1. The van der Waals surface area contributed by atoms with Crippen molar-refractivity contribution in [1.29, 1.82) is 0 Å². The van der Waals surface area contributed by atoms with Gasteiger partial charge in [-0.3, -0.25) is 15.1 Å². The molecule has 142 valence electrons. The lowest BCUT2D eigenvalue weighted by atomic mass is 10.1. The summed E-state index contributed by atoms with van der Waals surface area (Å²) in [5, 5.41) is 6.15. The predicted molar refractivity (Wildman–Crippen MR) is 114 cm³/mol. The molecule has 1 aromatic heterocycles. The number of aliphatic imine (C=N–C) groups is 1. The number of guanidine groups is 1. The van der Waals surface area contributed by atoms with E-state index in [-0.39, 0.29) is 5.91 Å². The average molecular weight is 372 g/mol. The molecule has 0 saturated carbocycles. The largest absolute Gasteiger partial charge is 0.326 e. The Morgan fingerprint density at radius 3 is 2.32 bits per heavy atom. The second-order valence-corrected chi connectivity index (χ2v) is 6.85. The van der Waals surface area contributed by atoms with Crippen LogP contribution in [0, 0.1) is 20.8 Å². The smallest absolute Gasteiger partial charge is 0.257 e. The number of aromatic nitrogens is 1. The van der Waals surface area contributed by atoms with Crippen LogP contribution in [0.5, 0.6) is 0 Å². The zero-order valence-corrected chi connectivity index (χ0v) is 16.4. The summed E-state index contributed by atoms with van der Waals surface area (Å²) in [6.45, 7) is 6.47. The fourth-order valence-corrected chi connectivity index (χ4v) is 2.92. The summed E-state index contributed by atoms with van der Waals surface area (Å²) in [7, 11) is 0. The molecule has 0 bridgehead atoms. The van der Waals surface area contributed by atoms with Crippen molar-refractivity contribution in [3.8, 4) is 0 Å². The Bertz CT molecular complexity index is 976. The van der Waals surface area contributed by atoms with E-state index >= 15 is 0 Å². The minimum Gasteiger partial charge on any atom is -0.326 e. The fraction of sp³-hybridized carbons (Fsp3) is 0.174. The number of hydrogen-bond donors (Lipinski definition) is 2. The van der Waals surface area contributed by atoms with Crippen LogP contribution in [0.25, 0.3) is 0 Å². The molecule has 3 rings (SSSR count). The summed E-state index contributed by atoms with van der Waals surface area (Å²) in [5.41, 5.74) is 5.81. The highest BCUT2D eigenvalue weighted by molar-refractivity contribution is 6.10. The molecule has 0 aliphatic rings. The maximum Gasteiger partial charge on any atom is 0.257 e. The topological polar surface area (TPSA) is 66.4 Å². The van der Waals surface area contributed by atoms with Gasteiger partial charge in [0.1, 0.15) is 0 Å². The molecular weight excluding hydrogens is 348 g/mol. The van der Waals surface area contributed by atoms with Gasteiger partial charge in [0.15, 0.2) is 0 Å². The van der Waals surface area contributed by atoms with E-state index in [4.69, 9.17) is 0 Å². The van der Waals surface area contributed by atoms with E-state index in [1.807, 2.05) is 63.2 Å². The van der Waals surface area contributed by atoms with Crippen molar-refractivity contribution in [3.05, 3.63) is 94.8 Å². The number of benzene rings is 2. The van der Waals surface area contributed by atoms with Crippen molar-refractivity contribution in [1.82, 2.24) is 10.3 Å². The van der Waals surface area contributed by atoms with Gasteiger partial charge in [-0.1, -0.05) is 23.8 Å². The Morgan fingerprint density at radius 2 is 1.64 bits per heavy atom. The van der Waals surface area contributed by atoms with Crippen LogP contribution in [-0.2, 0) is 6.54 Å². The number of pyridine rings is 1. The van der Waals surface area contributed by atoms with E-state index < -0.39 is 0 Å². The lowest BCUT2D eigenvalue weighted by Crippen LogP contribution is -2.36. The Labute approximate surface area is 165 Å². The highest BCUT2D eigenvalue weighted by atomic mass is 16.1. The van der Waals surface area contributed by atoms with Crippen LogP contribution in [0.4, 0.5) is 5.69 Å². The molecule has 5 nitrogen and oxygen atoms in total. The van der Waals surface area contributed by atoms with Gasteiger partial charge in [-0.2, -0.15) is 0 Å². The van der Waals surface area contributed by atoms with Gasteiger partial charge in [0.05, 0.1) is 6.54 Å². The van der Waals surface area contributed by atoms with E-state index in [0.29, 0.717) is 18.1 Å². The number of nitrogens with zero attached hydrogens (tertiary/aromatic N) is 2. The summed E-state index contributed by atoms with van der Waals surface area (Å²) >= 11 is 0. The minimum atomic E-state index is -0.200. The molecule has 28 heavy (non-hydrogen) atoms.